The average molecular weight is 270 g/mol. The minimum absolute atomic E-state index is 0.244. The summed E-state index contributed by atoms with van der Waals surface area (Å²) in [6, 6.07) is 15.9. The molecule has 94 valence electrons. The Morgan fingerprint density at radius 3 is 2.68 bits per heavy atom. The maximum atomic E-state index is 5.96. The molecule has 1 N–H and O–H groups in total. The van der Waals surface area contributed by atoms with Crippen molar-refractivity contribution in [3.05, 3.63) is 59.4 Å². The third-order valence-electron chi connectivity index (χ3n) is 2.86. The summed E-state index contributed by atoms with van der Waals surface area (Å²) in [6.45, 7) is 2.05. The normalized spacial score (nSPS) is 10.6. The van der Waals surface area contributed by atoms with Crippen LogP contribution in [-0.4, -0.2) is 9.97 Å². The number of benzene rings is 2. The fraction of sp³-hybridized carbons (Fsp3) is 0.0667. The highest BCUT2D eigenvalue weighted by Gasteiger charge is 2.06. The van der Waals surface area contributed by atoms with Crippen molar-refractivity contribution < 1.29 is 0 Å². The summed E-state index contributed by atoms with van der Waals surface area (Å²) in [5.74, 6) is 0.723. The van der Waals surface area contributed by atoms with E-state index in [-0.39, 0.29) is 5.28 Å². The standard InChI is InChI=1S/C15H12ClN3/c1-10-5-4-6-11(9-10)17-14-12-7-2-3-8-13(12)18-15(16)19-14/h2-9H,1H3,(H,17,18,19). The van der Waals surface area contributed by atoms with E-state index in [1.807, 2.05) is 36.4 Å². The maximum absolute atomic E-state index is 5.96. The molecular weight excluding hydrogens is 258 g/mol. The molecule has 0 bridgehead atoms. The second-order valence-corrected chi connectivity index (χ2v) is 4.69. The van der Waals surface area contributed by atoms with Gasteiger partial charge in [-0.3, -0.25) is 0 Å². The van der Waals surface area contributed by atoms with E-state index in [1.165, 1.54) is 5.56 Å². The summed E-state index contributed by atoms with van der Waals surface area (Å²) in [4.78, 5) is 8.48. The molecule has 3 rings (SSSR count). The summed E-state index contributed by atoms with van der Waals surface area (Å²) < 4.78 is 0. The highest BCUT2D eigenvalue weighted by atomic mass is 35.5. The van der Waals surface area contributed by atoms with Crippen LogP contribution in [0.2, 0.25) is 5.28 Å². The van der Waals surface area contributed by atoms with Crippen LogP contribution in [-0.2, 0) is 0 Å². The number of rotatable bonds is 2. The molecule has 3 aromatic rings. The van der Waals surface area contributed by atoms with Crippen molar-refractivity contribution in [2.24, 2.45) is 0 Å². The fourth-order valence-corrected chi connectivity index (χ4v) is 2.18. The smallest absolute Gasteiger partial charge is 0.224 e. The van der Waals surface area contributed by atoms with Gasteiger partial charge < -0.3 is 5.32 Å². The average Bonchev–Trinajstić information content (AvgIpc) is 2.38. The molecule has 0 radical (unpaired) electrons. The van der Waals surface area contributed by atoms with Crippen molar-refractivity contribution in [1.82, 2.24) is 9.97 Å². The zero-order valence-electron chi connectivity index (χ0n) is 10.4. The van der Waals surface area contributed by atoms with Gasteiger partial charge in [0.25, 0.3) is 0 Å². The Morgan fingerprint density at radius 2 is 1.84 bits per heavy atom. The lowest BCUT2D eigenvalue weighted by molar-refractivity contribution is 1.22. The van der Waals surface area contributed by atoms with Crippen LogP contribution < -0.4 is 5.32 Å². The van der Waals surface area contributed by atoms with E-state index >= 15 is 0 Å². The molecule has 0 aliphatic carbocycles. The molecule has 0 aliphatic heterocycles. The lowest BCUT2D eigenvalue weighted by atomic mass is 10.2. The van der Waals surface area contributed by atoms with Gasteiger partial charge in [0.15, 0.2) is 0 Å². The quantitative estimate of drug-likeness (QED) is 0.704. The molecule has 4 heteroatoms. The lowest BCUT2D eigenvalue weighted by Gasteiger charge is -2.09. The van der Waals surface area contributed by atoms with E-state index < -0.39 is 0 Å². The highest BCUT2D eigenvalue weighted by molar-refractivity contribution is 6.28. The lowest BCUT2D eigenvalue weighted by Crippen LogP contribution is -1.97. The van der Waals surface area contributed by atoms with Crippen LogP contribution in [0.5, 0.6) is 0 Å². The van der Waals surface area contributed by atoms with Gasteiger partial charge in [0.05, 0.1) is 5.52 Å². The van der Waals surface area contributed by atoms with E-state index in [4.69, 9.17) is 11.6 Å². The van der Waals surface area contributed by atoms with E-state index in [0.29, 0.717) is 0 Å². The molecule has 19 heavy (non-hydrogen) atoms. The third kappa shape index (κ3) is 2.51. The van der Waals surface area contributed by atoms with Gasteiger partial charge in [0.1, 0.15) is 5.82 Å². The van der Waals surface area contributed by atoms with Gasteiger partial charge in [-0.2, -0.15) is 4.98 Å². The van der Waals surface area contributed by atoms with Gasteiger partial charge in [0, 0.05) is 11.1 Å². The van der Waals surface area contributed by atoms with E-state index in [1.54, 1.807) is 0 Å². The summed E-state index contributed by atoms with van der Waals surface area (Å²) in [5.41, 5.74) is 3.01. The number of para-hydroxylation sites is 1. The molecule has 0 saturated carbocycles. The van der Waals surface area contributed by atoms with Crippen molar-refractivity contribution in [3.8, 4) is 0 Å². The summed E-state index contributed by atoms with van der Waals surface area (Å²) in [6.07, 6.45) is 0. The zero-order chi connectivity index (χ0) is 13.2. The number of halogens is 1. The number of nitrogens with one attached hydrogen (secondary N) is 1. The Hall–Kier alpha value is -2.13. The first-order chi connectivity index (χ1) is 9.22. The second kappa shape index (κ2) is 4.86. The number of nitrogens with zero attached hydrogens (tertiary/aromatic N) is 2. The topological polar surface area (TPSA) is 37.8 Å². The number of hydrogen-bond donors (Lipinski definition) is 1. The van der Waals surface area contributed by atoms with Crippen LogP contribution >= 0.6 is 11.6 Å². The predicted octanol–water partition coefficient (Wildman–Crippen LogP) is 4.34. The van der Waals surface area contributed by atoms with Crippen molar-refractivity contribution in [3.63, 3.8) is 0 Å². The zero-order valence-corrected chi connectivity index (χ0v) is 11.1. The first-order valence-electron chi connectivity index (χ1n) is 5.98. The number of hydrogen-bond acceptors (Lipinski definition) is 3. The molecule has 0 unspecified atom stereocenters. The fourth-order valence-electron chi connectivity index (χ4n) is 2.00. The van der Waals surface area contributed by atoms with Crippen molar-refractivity contribution in [2.75, 3.05) is 5.32 Å². The van der Waals surface area contributed by atoms with Gasteiger partial charge in [-0.1, -0.05) is 24.3 Å². The molecule has 0 spiro atoms. The first-order valence-corrected chi connectivity index (χ1v) is 6.36. The molecule has 0 saturated heterocycles. The highest BCUT2D eigenvalue weighted by Crippen LogP contribution is 2.25. The predicted molar refractivity (Wildman–Crippen MR) is 79.0 cm³/mol. The van der Waals surface area contributed by atoms with Crippen molar-refractivity contribution in [1.29, 1.82) is 0 Å². The molecule has 2 aromatic carbocycles. The number of aromatic nitrogens is 2. The summed E-state index contributed by atoms with van der Waals surface area (Å²) in [5, 5.41) is 4.49. The number of anilines is 2. The molecule has 0 aliphatic rings. The van der Waals surface area contributed by atoms with Gasteiger partial charge in [-0.15, -0.1) is 0 Å². The van der Waals surface area contributed by atoms with Crippen LogP contribution in [0.15, 0.2) is 48.5 Å². The molecule has 0 atom stereocenters. The number of fused-ring (bicyclic) bond motifs is 1. The van der Waals surface area contributed by atoms with Crippen LogP contribution in [0.3, 0.4) is 0 Å². The van der Waals surface area contributed by atoms with Gasteiger partial charge >= 0.3 is 0 Å². The Balaban J connectivity index is 2.09. The molecule has 1 heterocycles. The molecule has 1 aromatic heterocycles. The molecule has 0 fully saturated rings. The Kier molecular flexibility index (Phi) is 3.05. The molecular formula is C15H12ClN3. The number of aryl methyl sites for hydroxylation is 1. The first kappa shape index (κ1) is 11.9. The summed E-state index contributed by atoms with van der Waals surface area (Å²) in [7, 11) is 0. The van der Waals surface area contributed by atoms with E-state index in [9.17, 15) is 0 Å². The molecule has 0 amide bonds. The minimum atomic E-state index is 0.244. The third-order valence-corrected chi connectivity index (χ3v) is 3.03. The van der Waals surface area contributed by atoms with Gasteiger partial charge in [0.2, 0.25) is 5.28 Å². The SMILES string of the molecule is Cc1cccc(Nc2nc(Cl)nc3ccccc23)c1. The monoisotopic (exact) mass is 269 g/mol. The minimum Gasteiger partial charge on any atom is -0.340 e. The second-order valence-electron chi connectivity index (χ2n) is 4.35. The van der Waals surface area contributed by atoms with Crippen molar-refractivity contribution in [2.45, 2.75) is 6.92 Å². The Morgan fingerprint density at radius 1 is 1.00 bits per heavy atom. The van der Waals surface area contributed by atoms with Crippen LogP contribution in [0, 0.1) is 6.92 Å². The van der Waals surface area contributed by atoms with Crippen LogP contribution in [0.1, 0.15) is 5.56 Å². The Bertz CT molecular complexity index is 740. The van der Waals surface area contributed by atoms with Gasteiger partial charge in [-0.05, 0) is 48.4 Å². The van der Waals surface area contributed by atoms with E-state index in [2.05, 4.69) is 34.3 Å². The maximum Gasteiger partial charge on any atom is 0.224 e. The summed E-state index contributed by atoms with van der Waals surface area (Å²) >= 11 is 5.96. The van der Waals surface area contributed by atoms with Gasteiger partial charge in [-0.25, -0.2) is 4.98 Å². The Labute approximate surface area is 116 Å². The van der Waals surface area contributed by atoms with Crippen LogP contribution in [0.4, 0.5) is 11.5 Å². The largest absolute Gasteiger partial charge is 0.340 e. The molecule has 3 nitrogen and oxygen atoms in total. The van der Waals surface area contributed by atoms with E-state index in [0.717, 1.165) is 22.4 Å². The van der Waals surface area contributed by atoms with Crippen molar-refractivity contribution >= 4 is 34.0 Å². The van der Waals surface area contributed by atoms with Crippen LogP contribution in [0.25, 0.3) is 10.9 Å².